The number of pyridine rings is 1. The molecule has 0 aliphatic heterocycles. The molecule has 3 rings (SSSR count). The normalized spacial score (nSPS) is 17.1. The Hall–Kier alpha value is -1.68. The molecular formula is C17H17BrN2O. The van der Waals surface area contributed by atoms with E-state index in [0.29, 0.717) is 5.82 Å². The molecule has 108 valence electrons. The summed E-state index contributed by atoms with van der Waals surface area (Å²) >= 11 is 3.46. The van der Waals surface area contributed by atoms with Crippen LogP contribution in [0.15, 0.2) is 47.1 Å². The monoisotopic (exact) mass is 344 g/mol. The Morgan fingerprint density at radius 3 is 2.90 bits per heavy atom. The summed E-state index contributed by atoms with van der Waals surface area (Å²) in [7, 11) is 1.80. The molecule has 0 fully saturated rings. The van der Waals surface area contributed by atoms with Gasteiger partial charge in [0.25, 0.3) is 0 Å². The number of amides is 1. The fraction of sp³-hybridized carbons (Fsp3) is 0.294. The fourth-order valence-corrected chi connectivity index (χ4v) is 3.49. The minimum atomic E-state index is -0.0612. The highest BCUT2D eigenvalue weighted by molar-refractivity contribution is 9.10. The number of carbonyl (C=O) groups is 1. The number of halogens is 1. The molecule has 0 bridgehead atoms. The molecule has 0 unspecified atom stereocenters. The zero-order valence-electron chi connectivity index (χ0n) is 11.9. The Balaban J connectivity index is 1.91. The molecule has 3 nitrogen and oxygen atoms in total. The zero-order chi connectivity index (χ0) is 14.8. The maximum atomic E-state index is 12.9. The zero-order valence-corrected chi connectivity index (χ0v) is 13.5. The van der Waals surface area contributed by atoms with Gasteiger partial charge in [-0.25, -0.2) is 4.98 Å². The Morgan fingerprint density at radius 1 is 1.29 bits per heavy atom. The van der Waals surface area contributed by atoms with Gasteiger partial charge in [0.15, 0.2) is 0 Å². The summed E-state index contributed by atoms with van der Waals surface area (Å²) in [5, 5.41) is 0. The van der Waals surface area contributed by atoms with Crippen molar-refractivity contribution in [2.24, 2.45) is 0 Å². The van der Waals surface area contributed by atoms with E-state index >= 15 is 0 Å². The molecule has 0 saturated heterocycles. The third kappa shape index (κ3) is 2.72. The summed E-state index contributed by atoms with van der Waals surface area (Å²) in [5.74, 6) is 0.723. The molecule has 2 aromatic rings. The molecule has 21 heavy (non-hydrogen) atoms. The van der Waals surface area contributed by atoms with Crippen molar-refractivity contribution in [2.45, 2.75) is 25.2 Å². The van der Waals surface area contributed by atoms with E-state index in [0.717, 1.165) is 23.7 Å². The minimum Gasteiger partial charge on any atom is -0.298 e. The molecule has 0 radical (unpaired) electrons. The molecule has 1 heterocycles. The first kappa shape index (κ1) is 14.3. The van der Waals surface area contributed by atoms with E-state index in [2.05, 4.69) is 33.0 Å². The molecule has 0 saturated carbocycles. The standard InChI is InChI=1S/C17H17BrN2O/c1-20(16-15(18)10-5-11-19-16)17(21)14-9-4-7-12-6-2-3-8-13(12)14/h2-3,5-6,8,10-11,14H,4,7,9H2,1H3/t14-/m1/s1. The molecule has 1 aromatic heterocycles. The average molecular weight is 345 g/mol. The van der Waals surface area contributed by atoms with Gasteiger partial charge in [-0.1, -0.05) is 24.3 Å². The van der Waals surface area contributed by atoms with Crippen LogP contribution < -0.4 is 4.90 Å². The van der Waals surface area contributed by atoms with Gasteiger partial charge < -0.3 is 0 Å². The lowest BCUT2D eigenvalue weighted by molar-refractivity contribution is -0.120. The van der Waals surface area contributed by atoms with E-state index in [-0.39, 0.29) is 11.8 Å². The van der Waals surface area contributed by atoms with Crippen LogP contribution in [0.2, 0.25) is 0 Å². The van der Waals surface area contributed by atoms with Gasteiger partial charge in [-0.3, -0.25) is 9.69 Å². The van der Waals surface area contributed by atoms with Gasteiger partial charge >= 0.3 is 0 Å². The lowest BCUT2D eigenvalue weighted by Gasteiger charge is -2.28. The molecule has 4 heteroatoms. The maximum absolute atomic E-state index is 12.9. The number of hydrogen-bond acceptors (Lipinski definition) is 2. The largest absolute Gasteiger partial charge is 0.298 e. The first-order chi connectivity index (χ1) is 10.2. The van der Waals surface area contributed by atoms with E-state index in [1.807, 2.05) is 24.3 Å². The van der Waals surface area contributed by atoms with Gasteiger partial charge in [0.05, 0.1) is 10.4 Å². The second-order valence-electron chi connectivity index (χ2n) is 5.35. The van der Waals surface area contributed by atoms with E-state index in [1.165, 1.54) is 11.1 Å². The summed E-state index contributed by atoms with van der Waals surface area (Å²) in [6.07, 6.45) is 4.74. The number of hydrogen-bond donors (Lipinski definition) is 0. The first-order valence-corrected chi connectivity index (χ1v) is 7.93. The van der Waals surface area contributed by atoms with Gasteiger partial charge in [-0.05, 0) is 58.5 Å². The lowest BCUT2D eigenvalue weighted by atomic mass is 9.82. The van der Waals surface area contributed by atoms with Gasteiger partial charge in [0.2, 0.25) is 5.91 Å². The third-order valence-electron chi connectivity index (χ3n) is 4.05. The second kappa shape index (κ2) is 5.98. The molecule has 1 aromatic carbocycles. The number of anilines is 1. The Bertz CT molecular complexity index is 671. The first-order valence-electron chi connectivity index (χ1n) is 7.14. The summed E-state index contributed by atoms with van der Waals surface area (Å²) in [6.45, 7) is 0. The van der Waals surface area contributed by atoms with Crippen LogP contribution in [0, 0.1) is 0 Å². The van der Waals surface area contributed by atoms with Gasteiger partial charge in [-0.2, -0.15) is 0 Å². The summed E-state index contributed by atoms with van der Waals surface area (Å²) < 4.78 is 0.838. The number of aromatic nitrogens is 1. The van der Waals surface area contributed by atoms with Crippen molar-refractivity contribution in [1.29, 1.82) is 0 Å². The maximum Gasteiger partial charge on any atom is 0.235 e. The summed E-state index contributed by atoms with van der Waals surface area (Å²) in [6, 6.07) is 12.0. The molecular weight excluding hydrogens is 328 g/mol. The van der Waals surface area contributed by atoms with E-state index in [9.17, 15) is 4.79 Å². The number of fused-ring (bicyclic) bond motifs is 1. The van der Waals surface area contributed by atoms with Crippen LogP contribution in [0.4, 0.5) is 5.82 Å². The molecule has 1 aliphatic rings. The van der Waals surface area contributed by atoms with Crippen LogP contribution in [0.5, 0.6) is 0 Å². The number of benzene rings is 1. The fourth-order valence-electron chi connectivity index (χ4n) is 2.97. The Labute approximate surface area is 133 Å². The van der Waals surface area contributed by atoms with Crippen LogP contribution >= 0.6 is 15.9 Å². The SMILES string of the molecule is CN(C(=O)[C@@H]1CCCc2ccccc21)c1ncccc1Br. The van der Waals surface area contributed by atoms with Gasteiger partial charge in [-0.15, -0.1) is 0 Å². The molecule has 0 spiro atoms. The van der Waals surface area contributed by atoms with Crippen LogP contribution in [0.1, 0.15) is 29.9 Å². The quantitative estimate of drug-likeness (QED) is 0.826. The number of likely N-dealkylation sites (N-methyl/N-ethyl adjacent to an activating group) is 1. The smallest absolute Gasteiger partial charge is 0.235 e. The predicted octanol–water partition coefficient (Wildman–Crippen LogP) is 3.93. The Kier molecular flexibility index (Phi) is 4.06. The van der Waals surface area contributed by atoms with Crippen LogP contribution in [0.25, 0.3) is 0 Å². The van der Waals surface area contributed by atoms with Gasteiger partial charge in [0, 0.05) is 13.2 Å². The van der Waals surface area contributed by atoms with Crippen molar-refractivity contribution in [1.82, 2.24) is 4.98 Å². The van der Waals surface area contributed by atoms with Crippen LogP contribution in [0.3, 0.4) is 0 Å². The lowest BCUT2D eigenvalue weighted by Crippen LogP contribution is -2.34. The summed E-state index contributed by atoms with van der Waals surface area (Å²) in [5.41, 5.74) is 2.48. The number of carbonyl (C=O) groups excluding carboxylic acids is 1. The minimum absolute atomic E-state index is 0.0612. The highest BCUT2D eigenvalue weighted by Gasteiger charge is 2.29. The average Bonchev–Trinajstić information content (AvgIpc) is 2.53. The number of aryl methyl sites for hydroxylation is 1. The van der Waals surface area contributed by atoms with Crippen LogP contribution in [-0.4, -0.2) is 17.9 Å². The van der Waals surface area contributed by atoms with Crippen molar-refractivity contribution in [3.05, 3.63) is 58.2 Å². The Morgan fingerprint density at radius 2 is 2.10 bits per heavy atom. The molecule has 1 atom stereocenters. The summed E-state index contributed by atoms with van der Waals surface area (Å²) in [4.78, 5) is 18.9. The molecule has 1 amide bonds. The van der Waals surface area contributed by atoms with Crippen molar-refractivity contribution in [2.75, 3.05) is 11.9 Å². The highest BCUT2D eigenvalue weighted by atomic mass is 79.9. The highest BCUT2D eigenvalue weighted by Crippen LogP contribution is 2.34. The van der Waals surface area contributed by atoms with Crippen molar-refractivity contribution < 1.29 is 4.79 Å². The predicted molar refractivity (Wildman–Crippen MR) is 87.5 cm³/mol. The topological polar surface area (TPSA) is 33.2 Å². The molecule has 1 aliphatic carbocycles. The number of nitrogens with zero attached hydrogens (tertiary/aromatic N) is 2. The van der Waals surface area contributed by atoms with E-state index in [1.54, 1.807) is 18.1 Å². The van der Waals surface area contributed by atoms with Crippen molar-refractivity contribution in [3.63, 3.8) is 0 Å². The molecule has 0 N–H and O–H groups in total. The van der Waals surface area contributed by atoms with Crippen molar-refractivity contribution in [3.8, 4) is 0 Å². The number of rotatable bonds is 2. The van der Waals surface area contributed by atoms with Gasteiger partial charge in [0.1, 0.15) is 5.82 Å². The van der Waals surface area contributed by atoms with Crippen molar-refractivity contribution >= 4 is 27.7 Å². The van der Waals surface area contributed by atoms with E-state index < -0.39 is 0 Å². The second-order valence-corrected chi connectivity index (χ2v) is 6.20. The van der Waals surface area contributed by atoms with E-state index in [4.69, 9.17) is 0 Å². The third-order valence-corrected chi connectivity index (χ3v) is 4.67. The van der Waals surface area contributed by atoms with Crippen LogP contribution in [-0.2, 0) is 11.2 Å².